The fraction of sp³-hybridized carbons (Fsp3) is 0.227. The molecule has 0 aromatic heterocycles. The molecule has 156 valence electrons. The van der Waals surface area contributed by atoms with Gasteiger partial charge in [0.1, 0.15) is 5.82 Å². The van der Waals surface area contributed by atoms with Crippen molar-refractivity contribution in [3.63, 3.8) is 0 Å². The molecule has 1 fully saturated rings. The average molecular weight is 445 g/mol. The van der Waals surface area contributed by atoms with Crippen LogP contribution in [0.15, 0.2) is 76.5 Å². The minimum Gasteiger partial charge on any atom is -0.339 e. The third-order valence-corrected chi connectivity index (χ3v) is 7.98. The summed E-state index contributed by atoms with van der Waals surface area (Å²) in [7, 11) is -3.76. The molecule has 1 amide bonds. The number of fused-ring (bicyclic) bond motifs is 1. The van der Waals surface area contributed by atoms with Gasteiger partial charge in [0.05, 0.1) is 10.6 Å². The molecule has 8 heteroatoms. The minimum absolute atomic E-state index is 0.0176. The van der Waals surface area contributed by atoms with Crippen LogP contribution in [0.1, 0.15) is 0 Å². The molecule has 0 N–H and O–H groups in total. The van der Waals surface area contributed by atoms with Gasteiger partial charge in [-0.3, -0.25) is 4.79 Å². The maximum absolute atomic E-state index is 13.4. The van der Waals surface area contributed by atoms with Gasteiger partial charge in [-0.2, -0.15) is 4.31 Å². The zero-order valence-electron chi connectivity index (χ0n) is 16.2. The van der Waals surface area contributed by atoms with E-state index in [2.05, 4.69) is 6.07 Å². The van der Waals surface area contributed by atoms with Crippen LogP contribution < -0.4 is 0 Å². The summed E-state index contributed by atoms with van der Waals surface area (Å²) in [5.74, 6) is -0.304. The predicted octanol–water partition coefficient (Wildman–Crippen LogP) is 3.60. The second kappa shape index (κ2) is 8.75. The first-order chi connectivity index (χ1) is 14.4. The fourth-order valence-electron chi connectivity index (χ4n) is 3.45. The molecular formula is C22H21FN2O3S2. The number of benzene rings is 3. The van der Waals surface area contributed by atoms with Crippen molar-refractivity contribution in [2.75, 3.05) is 31.9 Å². The summed E-state index contributed by atoms with van der Waals surface area (Å²) in [4.78, 5) is 15.2. The summed E-state index contributed by atoms with van der Waals surface area (Å²) in [5, 5.41) is 2.29. The molecule has 1 saturated heterocycles. The van der Waals surface area contributed by atoms with Crippen LogP contribution in [0.3, 0.4) is 0 Å². The molecule has 0 unspecified atom stereocenters. The van der Waals surface area contributed by atoms with Gasteiger partial charge in [-0.25, -0.2) is 12.8 Å². The number of amides is 1. The molecular weight excluding hydrogens is 423 g/mol. The van der Waals surface area contributed by atoms with Crippen molar-refractivity contribution in [2.45, 2.75) is 9.79 Å². The van der Waals surface area contributed by atoms with Crippen molar-refractivity contribution in [3.8, 4) is 0 Å². The highest BCUT2D eigenvalue weighted by atomic mass is 32.2. The zero-order chi connectivity index (χ0) is 21.1. The van der Waals surface area contributed by atoms with E-state index in [9.17, 15) is 17.6 Å². The van der Waals surface area contributed by atoms with Crippen LogP contribution in [0.2, 0.25) is 0 Å². The Bertz CT molecular complexity index is 1180. The monoisotopic (exact) mass is 444 g/mol. The molecule has 3 aromatic rings. The summed E-state index contributed by atoms with van der Waals surface area (Å²) in [6.07, 6.45) is 0. The molecule has 0 atom stereocenters. The summed E-state index contributed by atoms with van der Waals surface area (Å²) in [5.41, 5.74) is 0. The minimum atomic E-state index is -3.76. The van der Waals surface area contributed by atoms with Crippen LogP contribution in [-0.2, 0) is 14.8 Å². The Kier molecular flexibility index (Phi) is 6.08. The molecule has 30 heavy (non-hydrogen) atoms. The van der Waals surface area contributed by atoms with Gasteiger partial charge in [0.2, 0.25) is 15.9 Å². The summed E-state index contributed by atoms with van der Waals surface area (Å²) < 4.78 is 40.1. The van der Waals surface area contributed by atoms with Crippen molar-refractivity contribution in [1.82, 2.24) is 9.21 Å². The highest BCUT2D eigenvalue weighted by Gasteiger charge is 2.30. The quantitative estimate of drug-likeness (QED) is 0.564. The van der Waals surface area contributed by atoms with Crippen LogP contribution in [-0.4, -0.2) is 55.5 Å². The number of carbonyl (C=O) groups excluding carboxylic acids is 1. The molecule has 4 rings (SSSR count). The molecule has 0 spiro atoms. The summed E-state index contributed by atoms with van der Waals surface area (Å²) in [6.45, 7) is 1.05. The Labute approximate surface area is 179 Å². The van der Waals surface area contributed by atoms with Gasteiger partial charge in [0.15, 0.2) is 0 Å². The van der Waals surface area contributed by atoms with Crippen LogP contribution in [0.4, 0.5) is 4.39 Å². The normalized spacial score (nSPS) is 15.4. The van der Waals surface area contributed by atoms with E-state index >= 15 is 0 Å². The van der Waals surface area contributed by atoms with Gasteiger partial charge in [0.25, 0.3) is 0 Å². The third-order valence-electron chi connectivity index (χ3n) is 5.11. The Morgan fingerprint density at radius 3 is 2.37 bits per heavy atom. The highest BCUT2D eigenvalue weighted by molar-refractivity contribution is 8.00. The van der Waals surface area contributed by atoms with Crippen LogP contribution in [0, 0.1) is 5.82 Å². The Balaban J connectivity index is 1.33. The van der Waals surface area contributed by atoms with E-state index in [1.54, 1.807) is 4.90 Å². The Morgan fingerprint density at radius 1 is 0.900 bits per heavy atom. The molecule has 0 radical (unpaired) electrons. The van der Waals surface area contributed by atoms with E-state index in [1.165, 1.54) is 34.3 Å². The van der Waals surface area contributed by atoms with E-state index in [4.69, 9.17) is 0 Å². The lowest BCUT2D eigenvalue weighted by molar-refractivity contribution is -0.129. The smallest absolute Gasteiger partial charge is 0.243 e. The van der Waals surface area contributed by atoms with E-state index < -0.39 is 15.8 Å². The van der Waals surface area contributed by atoms with Gasteiger partial charge in [-0.15, -0.1) is 11.8 Å². The zero-order valence-corrected chi connectivity index (χ0v) is 17.8. The molecule has 1 aliphatic rings. The van der Waals surface area contributed by atoms with Gasteiger partial charge in [0, 0.05) is 31.1 Å². The standard InChI is InChI=1S/C22H21FN2O3S2/c23-19-6-3-7-21(15-19)30(27,28)25-12-10-24(11-13-25)22(26)16-29-20-9-8-17-4-1-2-5-18(17)14-20/h1-9,14-15H,10-13,16H2. The third kappa shape index (κ3) is 4.50. The number of hydrogen-bond acceptors (Lipinski definition) is 4. The van der Waals surface area contributed by atoms with Gasteiger partial charge in [-0.05, 0) is 41.1 Å². The number of halogens is 1. The molecule has 0 saturated carbocycles. The first-order valence-electron chi connectivity index (χ1n) is 9.58. The number of rotatable bonds is 5. The first kappa shape index (κ1) is 20.8. The van der Waals surface area contributed by atoms with E-state index in [0.717, 1.165) is 21.7 Å². The average Bonchev–Trinajstić information content (AvgIpc) is 2.77. The van der Waals surface area contributed by atoms with E-state index in [-0.39, 0.29) is 23.9 Å². The SMILES string of the molecule is O=C(CSc1ccc2ccccc2c1)N1CCN(S(=O)(=O)c2cccc(F)c2)CC1. The van der Waals surface area contributed by atoms with Crippen LogP contribution in [0.5, 0.6) is 0 Å². The van der Waals surface area contributed by atoms with Gasteiger partial charge in [-0.1, -0.05) is 36.4 Å². The number of piperazine rings is 1. The second-order valence-corrected chi connectivity index (χ2v) is 10.0. The maximum atomic E-state index is 13.4. The number of nitrogens with zero attached hydrogens (tertiary/aromatic N) is 2. The molecule has 0 bridgehead atoms. The largest absolute Gasteiger partial charge is 0.339 e. The number of hydrogen-bond donors (Lipinski definition) is 0. The molecule has 3 aromatic carbocycles. The van der Waals surface area contributed by atoms with Gasteiger partial charge < -0.3 is 4.90 Å². The Hall–Kier alpha value is -2.42. The number of carbonyl (C=O) groups is 1. The van der Waals surface area contributed by atoms with Crippen molar-refractivity contribution < 1.29 is 17.6 Å². The summed E-state index contributed by atoms with van der Waals surface area (Å²) >= 11 is 1.48. The van der Waals surface area contributed by atoms with Crippen LogP contribution >= 0.6 is 11.8 Å². The molecule has 1 heterocycles. The topological polar surface area (TPSA) is 57.7 Å². The number of thioether (sulfide) groups is 1. The number of sulfonamides is 1. The van der Waals surface area contributed by atoms with Crippen LogP contribution in [0.25, 0.3) is 10.8 Å². The Morgan fingerprint density at radius 2 is 1.63 bits per heavy atom. The van der Waals surface area contributed by atoms with Gasteiger partial charge >= 0.3 is 0 Å². The molecule has 0 aliphatic carbocycles. The lowest BCUT2D eigenvalue weighted by Gasteiger charge is -2.34. The second-order valence-electron chi connectivity index (χ2n) is 7.04. The van der Waals surface area contributed by atoms with Crippen molar-refractivity contribution in [1.29, 1.82) is 0 Å². The first-order valence-corrected chi connectivity index (χ1v) is 12.0. The van der Waals surface area contributed by atoms with Crippen molar-refractivity contribution in [2.24, 2.45) is 0 Å². The van der Waals surface area contributed by atoms with E-state index in [0.29, 0.717) is 18.8 Å². The van der Waals surface area contributed by atoms with Crippen molar-refractivity contribution >= 4 is 38.5 Å². The fourth-order valence-corrected chi connectivity index (χ4v) is 5.75. The summed E-state index contributed by atoms with van der Waals surface area (Å²) in [6, 6.07) is 19.2. The van der Waals surface area contributed by atoms with E-state index in [1.807, 2.05) is 36.4 Å². The molecule has 1 aliphatic heterocycles. The lowest BCUT2D eigenvalue weighted by Crippen LogP contribution is -2.50. The predicted molar refractivity (Wildman–Crippen MR) is 116 cm³/mol. The lowest BCUT2D eigenvalue weighted by atomic mass is 10.1. The maximum Gasteiger partial charge on any atom is 0.243 e. The van der Waals surface area contributed by atoms with Crippen molar-refractivity contribution in [3.05, 3.63) is 72.5 Å². The highest BCUT2D eigenvalue weighted by Crippen LogP contribution is 2.24. The molecule has 5 nitrogen and oxygen atoms in total.